The molecule has 1 aromatic carbocycles. The normalized spacial score (nSPS) is 15.3. The fourth-order valence-corrected chi connectivity index (χ4v) is 3.67. The molecule has 0 aliphatic carbocycles. The van der Waals surface area contributed by atoms with Gasteiger partial charge in [-0.05, 0) is 43.0 Å². The van der Waals surface area contributed by atoms with E-state index >= 15 is 0 Å². The highest BCUT2D eigenvalue weighted by atomic mass is 19.1. The number of anilines is 1. The third kappa shape index (κ3) is 3.51. The molecule has 0 unspecified atom stereocenters. The molecule has 1 aliphatic heterocycles. The van der Waals surface area contributed by atoms with Gasteiger partial charge in [0.05, 0.1) is 0 Å². The number of benzene rings is 1. The van der Waals surface area contributed by atoms with Crippen LogP contribution in [0, 0.1) is 11.7 Å². The Morgan fingerprint density at radius 3 is 2.83 bits per heavy atom. The zero-order valence-electron chi connectivity index (χ0n) is 15.6. The monoisotopic (exact) mass is 394 g/mol. The predicted octanol–water partition coefficient (Wildman–Crippen LogP) is 2.63. The van der Waals surface area contributed by atoms with Crippen molar-refractivity contribution in [3.05, 3.63) is 65.0 Å². The predicted molar refractivity (Wildman–Crippen MR) is 105 cm³/mol. The van der Waals surface area contributed by atoms with E-state index in [0.717, 1.165) is 25.9 Å². The minimum Gasteiger partial charge on any atom is -0.423 e. The Bertz CT molecular complexity index is 1190. The van der Waals surface area contributed by atoms with Gasteiger partial charge in [-0.15, -0.1) is 5.10 Å². The largest absolute Gasteiger partial charge is 0.423 e. The third-order valence-corrected chi connectivity index (χ3v) is 5.25. The number of hydrogen-bond acceptors (Lipinski definition) is 6. The number of aromatic nitrogens is 5. The first-order valence-corrected chi connectivity index (χ1v) is 9.55. The molecular formula is C20H19FN6O2. The number of rotatable bonds is 4. The van der Waals surface area contributed by atoms with Crippen molar-refractivity contribution in [2.24, 2.45) is 5.92 Å². The Balaban J connectivity index is 1.27. The highest BCUT2D eigenvalue weighted by molar-refractivity contribution is 5.74. The molecule has 5 rings (SSSR count). The number of nitrogens with zero attached hydrogens (tertiary/aromatic N) is 6. The Labute approximate surface area is 165 Å². The molecule has 1 saturated heterocycles. The van der Waals surface area contributed by atoms with E-state index in [1.165, 1.54) is 22.9 Å². The van der Waals surface area contributed by atoms with Crippen molar-refractivity contribution >= 4 is 17.1 Å². The van der Waals surface area contributed by atoms with Gasteiger partial charge in [0.15, 0.2) is 11.4 Å². The van der Waals surface area contributed by atoms with Crippen LogP contribution in [0.2, 0.25) is 0 Å². The molecule has 0 bridgehead atoms. The third-order valence-electron chi connectivity index (χ3n) is 5.25. The smallest absolute Gasteiger partial charge is 0.298 e. The Hall–Kier alpha value is -3.49. The van der Waals surface area contributed by atoms with E-state index in [9.17, 15) is 9.18 Å². The summed E-state index contributed by atoms with van der Waals surface area (Å²) in [6.45, 7) is 2.07. The van der Waals surface area contributed by atoms with Gasteiger partial charge in [0.25, 0.3) is 11.6 Å². The molecule has 1 aliphatic rings. The van der Waals surface area contributed by atoms with Crippen molar-refractivity contribution in [2.75, 3.05) is 18.0 Å². The van der Waals surface area contributed by atoms with E-state index in [-0.39, 0.29) is 11.4 Å². The fourth-order valence-electron chi connectivity index (χ4n) is 3.67. The average Bonchev–Trinajstić information content (AvgIpc) is 3.40. The van der Waals surface area contributed by atoms with Gasteiger partial charge in [-0.3, -0.25) is 4.79 Å². The van der Waals surface area contributed by atoms with Gasteiger partial charge in [-0.2, -0.15) is 10.1 Å². The second kappa shape index (κ2) is 7.16. The molecule has 0 spiro atoms. The van der Waals surface area contributed by atoms with Gasteiger partial charge in [-0.25, -0.2) is 13.8 Å². The van der Waals surface area contributed by atoms with Gasteiger partial charge < -0.3 is 9.32 Å². The minimum absolute atomic E-state index is 0.121. The van der Waals surface area contributed by atoms with Gasteiger partial charge in [0.2, 0.25) is 0 Å². The maximum atomic E-state index is 13.4. The second-order valence-electron chi connectivity index (χ2n) is 7.20. The van der Waals surface area contributed by atoms with Crippen LogP contribution >= 0.6 is 0 Å². The number of piperidine rings is 1. The van der Waals surface area contributed by atoms with E-state index in [0.29, 0.717) is 35.4 Å². The molecule has 0 N–H and O–H groups in total. The van der Waals surface area contributed by atoms with E-state index < -0.39 is 0 Å². The van der Waals surface area contributed by atoms with Crippen molar-refractivity contribution in [1.29, 1.82) is 0 Å². The van der Waals surface area contributed by atoms with Crippen LogP contribution in [-0.4, -0.2) is 37.6 Å². The van der Waals surface area contributed by atoms with E-state index in [1.807, 2.05) is 6.07 Å². The fraction of sp³-hybridized carbons (Fsp3) is 0.300. The summed E-state index contributed by atoms with van der Waals surface area (Å²) in [4.78, 5) is 18.7. The van der Waals surface area contributed by atoms with Crippen molar-refractivity contribution in [1.82, 2.24) is 24.5 Å². The van der Waals surface area contributed by atoms with Crippen LogP contribution in [-0.2, 0) is 6.54 Å². The molecule has 0 saturated carbocycles. The van der Waals surface area contributed by atoms with Gasteiger partial charge in [0.1, 0.15) is 11.3 Å². The van der Waals surface area contributed by atoms with Crippen LogP contribution in [0.3, 0.4) is 0 Å². The zero-order chi connectivity index (χ0) is 19.8. The number of hydrogen-bond donors (Lipinski definition) is 0. The highest BCUT2D eigenvalue weighted by Crippen LogP contribution is 2.27. The molecule has 3 aromatic heterocycles. The standard InChI is InChI=1S/C20H19FN6O2/c21-15-2-3-17-16(12-15)23-20(29-17)25-10-6-14(7-11-25)13-27-19(28)5-4-18(24-27)26-9-1-8-22-26/h1-5,8-9,12,14H,6-7,10-11,13H2. The van der Waals surface area contributed by atoms with E-state index in [2.05, 4.69) is 20.1 Å². The SMILES string of the molecule is O=c1ccc(-n2cccn2)nn1CC1CCN(c2nc3cc(F)ccc3o2)CC1. The van der Waals surface area contributed by atoms with Crippen LogP contribution in [0.1, 0.15) is 12.8 Å². The van der Waals surface area contributed by atoms with Crippen LogP contribution in [0.5, 0.6) is 0 Å². The molecule has 29 heavy (non-hydrogen) atoms. The molecule has 0 radical (unpaired) electrons. The molecule has 1 fully saturated rings. The molecule has 4 heterocycles. The van der Waals surface area contributed by atoms with Crippen molar-refractivity contribution in [3.8, 4) is 5.82 Å². The van der Waals surface area contributed by atoms with Crippen molar-refractivity contribution in [3.63, 3.8) is 0 Å². The summed E-state index contributed by atoms with van der Waals surface area (Å²) in [6.07, 6.45) is 5.23. The molecule has 0 amide bonds. The molecule has 8 nitrogen and oxygen atoms in total. The van der Waals surface area contributed by atoms with Crippen molar-refractivity contribution < 1.29 is 8.81 Å². The summed E-state index contributed by atoms with van der Waals surface area (Å²) in [5.41, 5.74) is 0.979. The van der Waals surface area contributed by atoms with Crippen LogP contribution in [0.15, 0.2) is 58.0 Å². The maximum Gasteiger partial charge on any atom is 0.298 e. The van der Waals surface area contributed by atoms with Gasteiger partial charge in [0, 0.05) is 44.2 Å². The lowest BCUT2D eigenvalue weighted by atomic mass is 9.97. The maximum absolute atomic E-state index is 13.4. The minimum atomic E-state index is -0.327. The molecule has 148 valence electrons. The lowest BCUT2D eigenvalue weighted by Crippen LogP contribution is -2.37. The van der Waals surface area contributed by atoms with E-state index in [4.69, 9.17) is 4.42 Å². The summed E-state index contributed by atoms with van der Waals surface area (Å²) >= 11 is 0. The number of fused-ring (bicyclic) bond motifs is 1. The Morgan fingerprint density at radius 1 is 1.17 bits per heavy atom. The first-order chi connectivity index (χ1) is 14.2. The Morgan fingerprint density at radius 2 is 2.03 bits per heavy atom. The first kappa shape index (κ1) is 17.6. The molecular weight excluding hydrogens is 375 g/mol. The summed E-state index contributed by atoms with van der Waals surface area (Å²) in [5, 5.41) is 8.61. The number of oxazole rings is 1. The van der Waals surface area contributed by atoms with Crippen LogP contribution in [0.4, 0.5) is 10.4 Å². The Kier molecular flexibility index (Phi) is 4.34. The van der Waals surface area contributed by atoms with Crippen LogP contribution < -0.4 is 10.5 Å². The van der Waals surface area contributed by atoms with Crippen molar-refractivity contribution in [2.45, 2.75) is 19.4 Å². The molecule has 9 heteroatoms. The molecule has 0 atom stereocenters. The topological polar surface area (TPSA) is 82.0 Å². The summed E-state index contributed by atoms with van der Waals surface area (Å²) < 4.78 is 22.3. The lowest BCUT2D eigenvalue weighted by molar-refractivity contribution is 0.327. The van der Waals surface area contributed by atoms with Gasteiger partial charge >= 0.3 is 0 Å². The lowest BCUT2D eigenvalue weighted by Gasteiger charge is -2.30. The average molecular weight is 394 g/mol. The van der Waals surface area contributed by atoms with Crippen LogP contribution in [0.25, 0.3) is 16.9 Å². The summed E-state index contributed by atoms with van der Waals surface area (Å²) in [7, 11) is 0. The first-order valence-electron chi connectivity index (χ1n) is 9.55. The highest BCUT2D eigenvalue weighted by Gasteiger charge is 2.23. The number of halogens is 1. The van der Waals surface area contributed by atoms with E-state index in [1.54, 1.807) is 29.2 Å². The molecule has 4 aromatic rings. The quantitative estimate of drug-likeness (QED) is 0.529. The zero-order valence-corrected chi connectivity index (χ0v) is 15.6. The summed E-state index contributed by atoms with van der Waals surface area (Å²) in [5.74, 6) is 0.614. The second-order valence-corrected chi connectivity index (χ2v) is 7.20. The van der Waals surface area contributed by atoms with Gasteiger partial charge in [-0.1, -0.05) is 0 Å². The summed E-state index contributed by atoms with van der Waals surface area (Å²) in [6, 6.07) is 9.86.